The standard InChI is InChI=1S/C19H13Cl2N4O2S.W/c1-11(20)15(12(2)21)18-24-16(13-7-5-4-6-8-13)17(25-18)14-9-10-22-19(23-14)28(3,26)27;/h1-2,4-10H,3H3,(H,24,25);/q-1;/b15-11-;. The second-order valence-electron chi connectivity index (χ2n) is 5.86. The second kappa shape index (κ2) is 8.84. The van der Waals surface area contributed by atoms with Gasteiger partial charge in [0.1, 0.15) is 0 Å². The van der Waals surface area contributed by atoms with Crippen molar-refractivity contribution in [1.29, 1.82) is 0 Å². The summed E-state index contributed by atoms with van der Waals surface area (Å²) in [7, 11) is -3.59. The van der Waals surface area contributed by atoms with Crippen molar-refractivity contribution >= 4 is 43.0 Å². The zero-order valence-electron chi connectivity index (χ0n) is 14.9. The molecule has 0 saturated carbocycles. The number of nitrogens with zero attached hydrogens (tertiary/aromatic N) is 3. The van der Waals surface area contributed by atoms with E-state index in [0.717, 1.165) is 31.2 Å². The predicted octanol–water partition coefficient (Wildman–Crippen LogP) is 3.79. The van der Waals surface area contributed by atoms with Gasteiger partial charge in [0, 0.05) is 0 Å². The molecule has 2 aromatic heterocycles. The first-order valence-corrected chi connectivity index (χ1v) is 12.4. The summed E-state index contributed by atoms with van der Waals surface area (Å²) < 4.78 is 25.5. The molecule has 0 aliphatic heterocycles. The summed E-state index contributed by atoms with van der Waals surface area (Å²) in [6, 6.07) is 10.9. The van der Waals surface area contributed by atoms with E-state index in [2.05, 4.69) is 19.9 Å². The number of sulfone groups is 1. The van der Waals surface area contributed by atoms with Crippen LogP contribution in [0.25, 0.3) is 28.2 Å². The third-order valence-corrected chi connectivity index (χ3v) is 6.50. The van der Waals surface area contributed by atoms with Gasteiger partial charge in [0.25, 0.3) is 0 Å². The molecule has 0 fully saturated rings. The summed E-state index contributed by atoms with van der Waals surface area (Å²) >= 11 is 13.5. The third kappa shape index (κ3) is 4.81. The van der Waals surface area contributed by atoms with E-state index in [1.165, 1.54) is 6.20 Å². The first-order chi connectivity index (χ1) is 13.7. The molecule has 10 heteroatoms. The van der Waals surface area contributed by atoms with E-state index < -0.39 is 9.84 Å². The van der Waals surface area contributed by atoms with E-state index in [1.54, 1.807) is 10.5 Å². The summed E-state index contributed by atoms with van der Waals surface area (Å²) in [4.78, 5) is 15.8. The van der Waals surface area contributed by atoms with E-state index in [9.17, 15) is 8.42 Å². The molecule has 0 atom stereocenters. The summed E-state index contributed by atoms with van der Waals surface area (Å²) in [5.74, 6) is 0.341. The summed E-state index contributed by atoms with van der Waals surface area (Å²) in [5.41, 5.74) is 2.53. The number of hydrogen-bond acceptors (Lipinski definition) is 5. The van der Waals surface area contributed by atoms with Gasteiger partial charge >= 0.3 is 190 Å². The summed E-state index contributed by atoms with van der Waals surface area (Å²) in [5, 5.41) is 0.0479. The van der Waals surface area contributed by atoms with Crippen molar-refractivity contribution in [2.45, 2.75) is 5.16 Å². The van der Waals surface area contributed by atoms with Crippen LogP contribution < -0.4 is 0 Å². The second-order valence-corrected chi connectivity index (χ2v) is 9.43. The molecular weight excluding hydrogens is 603 g/mol. The van der Waals surface area contributed by atoms with E-state index in [-0.39, 0.29) is 10.2 Å². The van der Waals surface area contributed by atoms with Crippen molar-refractivity contribution < 1.29 is 27.8 Å². The number of aromatic amines is 1. The first-order valence-electron chi connectivity index (χ1n) is 8.05. The molecule has 0 spiro atoms. The number of allylic oxidation sites excluding steroid dienone is 3. The Hall–Kier alpha value is -1.92. The van der Waals surface area contributed by atoms with E-state index >= 15 is 0 Å². The van der Waals surface area contributed by atoms with Gasteiger partial charge in [-0.05, 0) is 0 Å². The molecule has 148 valence electrons. The monoisotopic (exact) mass is 615 g/mol. The van der Waals surface area contributed by atoms with Gasteiger partial charge in [-0.3, -0.25) is 0 Å². The van der Waals surface area contributed by atoms with Gasteiger partial charge in [0.2, 0.25) is 0 Å². The zero-order chi connectivity index (χ0) is 21.2. The Kier molecular flexibility index (Phi) is 6.64. The van der Waals surface area contributed by atoms with E-state index in [0.29, 0.717) is 33.5 Å². The number of hydrogen-bond donors (Lipinski definition) is 1. The van der Waals surface area contributed by atoms with Gasteiger partial charge in [-0.15, -0.1) is 0 Å². The van der Waals surface area contributed by atoms with Crippen molar-refractivity contribution in [2.75, 3.05) is 6.26 Å². The zero-order valence-corrected chi connectivity index (χ0v) is 20.2. The van der Waals surface area contributed by atoms with Crippen LogP contribution in [0.5, 0.6) is 0 Å². The average Bonchev–Trinajstić information content (AvgIpc) is 3.12. The van der Waals surface area contributed by atoms with Crippen LogP contribution in [0.3, 0.4) is 0 Å². The fraction of sp³-hybridized carbons (Fsp3) is 0.0526. The normalized spacial score (nSPS) is 12.4. The van der Waals surface area contributed by atoms with Crippen LogP contribution >= 0.6 is 23.2 Å². The number of halogens is 2. The minimum absolute atomic E-state index is 0.0214. The van der Waals surface area contributed by atoms with Crippen molar-refractivity contribution in [3.63, 3.8) is 0 Å². The van der Waals surface area contributed by atoms with Gasteiger partial charge in [-0.25, -0.2) is 0 Å². The fourth-order valence-electron chi connectivity index (χ4n) is 2.54. The number of nitrogens with one attached hydrogen (secondary N) is 1. The van der Waals surface area contributed by atoms with Crippen LogP contribution in [-0.2, 0) is 29.2 Å². The van der Waals surface area contributed by atoms with E-state index in [4.69, 9.17) is 29.8 Å². The van der Waals surface area contributed by atoms with Crippen molar-refractivity contribution in [3.8, 4) is 22.6 Å². The molecule has 0 amide bonds. The average molecular weight is 616 g/mol. The maximum atomic E-state index is 11.9. The molecule has 1 aromatic carbocycles. The van der Waals surface area contributed by atoms with Crippen LogP contribution in [0, 0.1) is 6.58 Å². The number of aromatic nitrogens is 4. The van der Waals surface area contributed by atoms with Crippen molar-refractivity contribution in [3.05, 3.63) is 65.1 Å². The SMILES string of the molecule is [CH-]=C(Cl)/C(=C(/Cl)[CH]=[W])c1nc(-c2ccccc2)c(-c2ccnc(S(C)(=O)=O)n2)[nH]1. The molecule has 3 aromatic rings. The van der Waals surface area contributed by atoms with Gasteiger partial charge in [-0.1, -0.05) is 0 Å². The van der Waals surface area contributed by atoms with Crippen molar-refractivity contribution in [1.82, 2.24) is 19.9 Å². The quantitative estimate of drug-likeness (QED) is 0.259. The fourth-order valence-corrected chi connectivity index (χ4v) is 3.91. The number of H-pyrrole nitrogens is 1. The molecule has 29 heavy (non-hydrogen) atoms. The Morgan fingerprint density at radius 1 is 1.17 bits per heavy atom. The predicted molar refractivity (Wildman–Crippen MR) is 111 cm³/mol. The Balaban J connectivity index is 2.31. The molecule has 2 heterocycles. The maximum absolute atomic E-state index is 11.9. The van der Waals surface area contributed by atoms with Gasteiger partial charge < -0.3 is 0 Å². The minimum atomic E-state index is -3.59. The first kappa shape index (κ1) is 21.8. The molecule has 6 nitrogen and oxygen atoms in total. The molecule has 3 rings (SSSR count). The van der Waals surface area contributed by atoms with Gasteiger partial charge in [-0.2, -0.15) is 0 Å². The molecule has 0 radical (unpaired) electrons. The number of rotatable bonds is 6. The Morgan fingerprint density at radius 3 is 2.45 bits per heavy atom. The molecule has 0 aliphatic carbocycles. The van der Waals surface area contributed by atoms with Crippen LogP contribution in [0.4, 0.5) is 0 Å². The van der Waals surface area contributed by atoms with Crippen LogP contribution in [0.15, 0.2) is 57.8 Å². The van der Waals surface area contributed by atoms with Crippen molar-refractivity contribution in [2.24, 2.45) is 0 Å². The van der Waals surface area contributed by atoms with Gasteiger partial charge in [0.15, 0.2) is 0 Å². The molecule has 0 saturated heterocycles. The van der Waals surface area contributed by atoms with Gasteiger partial charge in [0.05, 0.1) is 0 Å². The summed E-state index contributed by atoms with van der Waals surface area (Å²) in [6.45, 7) is 5.83. The summed E-state index contributed by atoms with van der Waals surface area (Å²) in [6.07, 6.45) is 2.43. The number of benzene rings is 1. The topological polar surface area (TPSA) is 88.6 Å². The molecule has 0 aliphatic rings. The molecule has 0 unspecified atom stereocenters. The van der Waals surface area contributed by atoms with Crippen LogP contribution in [0.2, 0.25) is 0 Å². The molecular formula is C19H13Cl2N4O2SW-. The number of imidazole rings is 1. The molecule has 1 N–H and O–H groups in total. The Morgan fingerprint density at radius 2 is 1.86 bits per heavy atom. The molecule has 0 bridgehead atoms. The Labute approximate surface area is 189 Å². The Bertz CT molecular complexity index is 1240. The van der Waals surface area contributed by atoms with Crippen LogP contribution in [0.1, 0.15) is 5.82 Å². The third-order valence-electron chi connectivity index (χ3n) is 3.79. The van der Waals surface area contributed by atoms with E-state index in [1.807, 2.05) is 30.3 Å². The van der Waals surface area contributed by atoms with Crippen LogP contribution in [-0.4, -0.2) is 39.0 Å².